The van der Waals surface area contributed by atoms with Gasteiger partial charge in [-0.15, -0.1) is 0 Å². The molecule has 3 rings (SSSR count). The number of methoxy groups -OCH3 is 2. The van der Waals surface area contributed by atoms with Crippen LogP contribution in [0.15, 0.2) is 17.0 Å². The lowest BCUT2D eigenvalue weighted by Gasteiger charge is -2.24. The normalized spacial score (nSPS) is 20.2. The molecule has 1 aromatic rings. The molecule has 1 aliphatic carbocycles. The highest BCUT2D eigenvalue weighted by Gasteiger charge is 2.31. The predicted molar refractivity (Wildman–Crippen MR) is 107 cm³/mol. The average molecular weight is 411 g/mol. The van der Waals surface area contributed by atoms with Crippen molar-refractivity contribution in [3.05, 3.63) is 17.7 Å². The van der Waals surface area contributed by atoms with Crippen molar-refractivity contribution < 1.29 is 22.7 Å². The largest absolute Gasteiger partial charge is 0.493 e. The zero-order valence-electron chi connectivity index (χ0n) is 16.9. The van der Waals surface area contributed by atoms with E-state index in [1.807, 2.05) is 0 Å². The lowest BCUT2D eigenvalue weighted by molar-refractivity contribution is 0.0936. The molecule has 28 heavy (non-hydrogen) atoms. The van der Waals surface area contributed by atoms with Gasteiger partial charge in [-0.1, -0.05) is 6.92 Å². The molecule has 1 unspecified atom stereocenters. The Kier molecular flexibility index (Phi) is 6.50. The van der Waals surface area contributed by atoms with E-state index in [9.17, 15) is 13.2 Å². The highest BCUT2D eigenvalue weighted by molar-refractivity contribution is 7.91. The minimum atomic E-state index is -3.48. The first kappa shape index (κ1) is 20.9. The smallest absolute Gasteiger partial charge is 0.255 e. The molecule has 0 aromatic heterocycles. The van der Waals surface area contributed by atoms with Crippen LogP contribution in [0, 0.1) is 5.92 Å². The fraction of sp³-hybridized carbons (Fsp3) is 0.650. The molecule has 8 heteroatoms. The Bertz CT molecular complexity index is 820. The highest BCUT2D eigenvalue weighted by Crippen LogP contribution is 2.35. The van der Waals surface area contributed by atoms with Crippen LogP contribution in [0.2, 0.25) is 0 Å². The van der Waals surface area contributed by atoms with E-state index in [1.54, 1.807) is 6.92 Å². The second-order valence-corrected chi connectivity index (χ2v) is 9.83. The van der Waals surface area contributed by atoms with Gasteiger partial charge in [-0.25, -0.2) is 8.42 Å². The monoisotopic (exact) mass is 410 g/mol. The Hall–Kier alpha value is -1.80. The Balaban J connectivity index is 1.78. The lowest BCUT2D eigenvalue weighted by Crippen LogP contribution is -2.41. The summed E-state index contributed by atoms with van der Waals surface area (Å²) < 4.78 is 35.3. The van der Waals surface area contributed by atoms with Gasteiger partial charge < -0.3 is 14.8 Å². The molecule has 1 amide bonds. The number of sulfone groups is 1. The first-order valence-corrected chi connectivity index (χ1v) is 11.6. The molecule has 1 heterocycles. The van der Waals surface area contributed by atoms with E-state index in [1.165, 1.54) is 39.2 Å². The summed E-state index contributed by atoms with van der Waals surface area (Å²) >= 11 is 0. The molecule has 7 nitrogen and oxygen atoms in total. The summed E-state index contributed by atoms with van der Waals surface area (Å²) in [7, 11) is -0.613. The van der Waals surface area contributed by atoms with Crippen molar-refractivity contribution in [3.8, 4) is 11.5 Å². The van der Waals surface area contributed by atoms with E-state index in [4.69, 9.17) is 9.47 Å². The molecular formula is C20H30N2O5S. The third-order valence-electron chi connectivity index (χ3n) is 5.62. The van der Waals surface area contributed by atoms with E-state index in [0.717, 1.165) is 31.8 Å². The van der Waals surface area contributed by atoms with Crippen LogP contribution in [0.5, 0.6) is 11.5 Å². The summed E-state index contributed by atoms with van der Waals surface area (Å²) in [6.45, 7) is 4.31. The molecular weight excluding hydrogens is 380 g/mol. The van der Waals surface area contributed by atoms with Crippen LogP contribution in [-0.4, -0.2) is 64.9 Å². The van der Waals surface area contributed by atoms with Crippen molar-refractivity contribution in [2.75, 3.05) is 39.6 Å². The molecule has 1 saturated carbocycles. The van der Waals surface area contributed by atoms with Crippen LogP contribution in [0.3, 0.4) is 0 Å². The Labute approximate surface area is 167 Å². The van der Waals surface area contributed by atoms with Crippen LogP contribution >= 0.6 is 0 Å². The summed E-state index contributed by atoms with van der Waals surface area (Å²) in [5, 5.41) is 2.98. The van der Waals surface area contributed by atoms with Gasteiger partial charge in [0.1, 0.15) is 0 Å². The molecule has 2 fully saturated rings. The number of rotatable bonds is 9. The number of nitrogens with one attached hydrogen (secondary N) is 1. The fourth-order valence-corrected chi connectivity index (χ4v) is 4.68. The van der Waals surface area contributed by atoms with Gasteiger partial charge in [0.15, 0.2) is 21.3 Å². The van der Waals surface area contributed by atoms with Gasteiger partial charge in [0.05, 0.1) is 30.4 Å². The maximum atomic E-state index is 12.9. The van der Waals surface area contributed by atoms with Crippen molar-refractivity contribution in [1.82, 2.24) is 10.2 Å². The minimum absolute atomic E-state index is 0.0538. The zero-order chi connectivity index (χ0) is 20.3. The van der Waals surface area contributed by atoms with Gasteiger partial charge in [0.25, 0.3) is 5.91 Å². The molecule has 1 aromatic carbocycles. The summed E-state index contributed by atoms with van der Waals surface area (Å²) in [6, 6.07) is 3.12. The zero-order valence-corrected chi connectivity index (χ0v) is 17.7. The number of benzene rings is 1. The summed E-state index contributed by atoms with van der Waals surface area (Å²) in [5.74, 6) is 0.898. The predicted octanol–water partition coefficient (Wildman–Crippen LogP) is 2.10. The second kappa shape index (κ2) is 8.69. The van der Waals surface area contributed by atoms with Gasteiger partial charge in [-0.3, -0.25) is 9.69 Å². The van der Waals surface area contributed by atoms with Gasteiger partial charge in [-0.2, -0.15) is 0 Å². The molecule has 1 N–H and O–H groups in total. The van der Waals surface area contributed by atoms with Crippen molar-refractivity contribution in [2.24, 2.45) is 5.92 Å². The third kappa shape index (κ3) is 4.60. The standard InChI is InChI=1S/C20H30N2O5S/c1-4-28(24,25)16-10-17(19(27-3)18(11-16)26-2)20(23)21-12-15-6-5-9-22(15)13-14-7-8-14/h10-11,14-15H,4-9,12-13H2,1-3H3,(H,21,23). The number of hydrogen-bond donors (Lipinski definition) is 1. The van der Waals surface area contributed by atoms with Gasteiger partial charge in [-0.05, 0) is 44.2 Å². The molecule has 0 radical (unpaired) electrons. The Morgan fingerprint density at radius 1 is 1.21 bits per heavy atom. The molecule has 1 atom stereocenters. The first-order valence-electron chi connectivity index (χ1n) is 9.90. The van der Waals surface area contributed by atoms with Crippen LogP contribution in [-0.2, 0) is 9.84 Å². The van der Waals surface area contributed by atoms with E-state index in [0.29, 0.717) is 12.6 Å². The maximum absolute atomic E-state index is 12.9. The summed E-state index contributed by atoms with van der Waals surface area (Å²) in [4.78, 5) is 15.4. The van der Waals surface area contributed by atoms with Gasteiger partial charge in [0, 0.05) is 25.2 Å². The maximum Gasteiger partial charge on any atom is 0.255 e. The number of nitrogens with zero attached hydrogens (tertiary/aromatic N) is 1. The fourth-order valence-electron chi connectivity index (χ4n) is 3.76. The number of hydrogen-bond acceptors (Lipinski definition) is 6. The molecule has 1 saturated heterocycles. The van der Waals surface area contributed by atoms with Crippen LogP contribution in [0.1, 0.15) is 43.0 Å². The van der Waals surface area contributed by atoms with E-state index < -0.39 is 9.84 Å². The van der Waals surface area contributed by atoms with E-state index in [-0.39, 0.29) is 33.6 Å². The van der Waals surface area contributed by atoms with Gasteiger partial charge >= 0.3 is 0 Å². The number of ether oxygens (including phenoxy) is 2. The average Bonchev–Trinajstić information content (AvgIpc) is 3.41. The van der Waals surface area contributed by atoms with Crippen molar-refractivity contribution >= 4 is 15.7 Å². The topological polar surface area (TPSA) is 84.9 Å². The summed E-state index contributed by atoms with van der Waals surface area (Å²) in [5.41, 5.74) is 0.181. The van der Waals surface area contributed by atoms with Crippen LogP contribution < -0.4 is 14.8 Å². The first-order chi connectivity index (χ1) is 13.4. The number of likely N-dealkylation sites (tertiary alicyclic amines) is 1. The number of carbonyl (C=O) groups is 1. The molecule has 0 bridgehead atoms. The van der Waals surface area contributed by atoms with Gasteiger partial charge in [0.2, 0.25) is 0 Å². The van der Waals surface area contributed by atoms with E-state index in [2.05, 4.69) is 10.2 Å². The Morgan fingerprint density at radius 3 is 2.57 bits per heavy atom. The molecule has 156 valence electrons. The quantitative estimate of drug-likeness (QED) is 0.671. The SMILES string of the molecule is CCS(=O)(=O)c1cc(OC)c(OC)c(C(=O)NCC2CCCN2CC2CC2)c1. The number of amides is 1. The van der Waals surface area contributed by atoms with Crippen molar-refractivity contribution in [3.63, 3.8) is 0 Å². The Morgan fingerprint density at radius 2 is 1.96 bits per heavy atom. The van der Waals surface area contributed by atoms with Crippen molar-refractivity contribution in [1.29, 1.82) is 0 Å². The molecule has 2 aliphatic rings. The van der Waals surface area contributed by atoms with E-state index >= 15 is 0 Å². The molecule has 0 spiro atoms. The third-order valence-corrected chi connectivity index (χ3v) is 7.34. The van der Waals surface area contributed by atoms with Crippen LogP contribution in [0.4, 0.5) is 0 Å². The van der Waals surface area contributed by atoms with Crippen molar-refractivity contribution in [2.45, 2.75) is 43.5 Å². The highest BCUT2D eigenvalue weighted by atomic mass is 32.2. The number of carbonyl (C=O) groups excluding carboxylic acids is 1. The lowest BCUT2D eigenvalue weighted by atomic mass is 10.1. The summed E-state index contributed by atoms with van der Waals surface area (Å²) in [6.07, 6.45) is 4.84. The second-order valence-electron chi connectivity index (χ2n) is 7.55. The molecule has 1 aliphatic heterocycles. The van der Waals surface area contributed by atoms with Crippen LogP contribution in [0.25, 0.3) is 0 Å². The minimum Gasteiger partial charge on any atom is -0.493 e.